The maximum atomic E-state index is 6.63. The number of rotatable bonds is 4. The molecule has 9 aromatic rings. The summed E-state index contributed by atoms with van der Waals surface area (Å²) in [5.74, 6) is 0.704. The lowest BCUT2D eigenvalue weighted by molar-refractivity contribution is 0.673. The molecule has 2 aromatic heterocycles. The molecule has 0 bridgehead atoms. The van der Waals surface area contributed by atoms with Gasteiger partial charge in [-0.05, 0) is 51.9 Å². The molecule has 0 aliphatic carbocycles. The average Bonchev–Trinajstić information content (AvgIpc) is 3.50. The van der Waals surface area contributed by atoms with E-state index in [1.54, 1.807) is 0 Å². The van der Waals surface area contributed by atoms with Crippen LogP contribution in [0.5, 0.6) is 0 Å². The Bertz CT molecular complexity index is 2510. The van der Waals surface area contributed by atoms with E-state index in [2.05, 4.69) is 133 Å². The van der Waals surface area contributed by atoms with Crippen molar-refractivity contribution in [3.63, 3.8) is 0 Å². The van der Waals surface area contributed by atoms with Gasteiger partial charge in [0.2, 0.25) is 0 Å². The lowest BCUT2D eigenvalue weighted by Gasteiger charge is -2.11. The predicted molar refractivity (Wildman–Crippen MR) is 186 cm³/mol. The first-order valence-corrected chi connectivity index (χ1v) is 15.2. The van der Waals surface area contributed by atoms with Crippen LogP contribution in [0, 0.1) is 0 Å². The van der Waals surface area contributed by atoms with Crippen molar-refractivity contribution < 1.29 is 4.42 Å². The van der Waals surface area contributed by atoms with Crippen molar-refractivity contribution in [1.82, 2.24) is 9.97 Å². The van der Waals surface area contributed by atoms with E-state index >= 15 is 0 Å². The summed E-state index contributed by atoms with van der Waals surface area (Å²) in [6, 6.07) is 54.9. The number of furan rings is 1. The second-order valence-electron chi connectivity index (χ2n) is 11.4. The summed E-state index contributed by atoms with van der Waals surface area (Å²) >= 11 is 0. The second-order valence-corrected chi connectivity index (χ2v) is 11.4. The third kappa shape index (κ3) is 4.29. The number of fused-ring (bicyclic) bond motifs is 6. The monoisotopic (exact) mass is 574 g/mol. The van der Waals surface area contributed by atoms with E-state index in [0.717, 1.165) is 71.6 Å². The Hall–Kier alpha value is -6.06. The van der Waals surface area contributed by atoms with E-state index < -0.39 is 0 Å². The lowest BCUT2D eigenvalue weighted by Crippen LogP contribution is -1.96. The quantitative estimate of drug-likeness (QED) is 0.210. The smallest absolute Gasteiger partial charge is 0.161 e. The van der Waals surface area contributed by atoms with Gasteiger partial charge in [0, 0.05) is 32.7 Å². The number of hydrogen-bond acceptors (Lipinski definition) is 3. The van der Waals surface area contributed by atoms with E-state index in [4.69, 9.17) is 14.4 Å². The van der Waals surface area contributed by atoms with Gasteiger partial charge < -0.3 is 4.42 Å². The second kappa shape index (κ2) is 10.3. The van der Waals surface area contributed by atoms with Crippen LogP contribution >= 0.6 is 0 Å². The Labute approximate surface area is 260 Å². The van der Waals surface area contributed by atoms with Gasteiger partial charge >= 0.3 is 0 Å². The minimum Gasteiger partial charge on any atom is -0.455 e. The first-order chi connectivity index (χ1) is 22.3. The van der Waals surface area contributed by atoms with Gasteiger partial charge in [-0.15, -0.1) is 0 Å². The third-order valence-electron chi connectivity index (χ3n) is 8.70. The normalized spacial score (nSPS) is 11.6. The fourth-order valence-electron chi connectivity index (χ4n) is 6.46. The summed E-state index contributed by atoms with van der Waals surface area (Å²) < 4.78 is 6.63. The number of benzene rings is 7. The van der Waals surface area contributed by atoms with Crippen molar-refractivity contribution in [3.05, 3.63) is 158 Å². The van der Waals surface area contributed by atoms with E-state index in [9.17, 15) is 0 Å². The SMILES string of the molecule is c1ccc(-c2ccc(-c3ccc4c(c3)oc3c5ccccc5c(-c5nc(-c6ccccc6)c6ccccc6n5)cc43)cc2)cc1. The molecule has 0 aliphatic heterocycles. The highest BCUT2D eigenvalue weighted by molar-refractivity contribution is 6.19. The molecule has 0 fully saturated rings. The van der Waals surface area contributed by atoms with E-state index in [-0.39, 0.29) is 0 Å². The largest absolute Gasteiger partial charge is 0.455 e. The maximum Gasteiger partial charge on any atom is 0.161 e. The summed E-state index contributed by atoms with van der Waals surface area (Å²) in [4.78, 5) is 10.3. The molecule has 9 rings (SSSR count). The van der Waals surface area contributed by atoms with Crippen LogP contribution in [-0.2, 0) is 0 Å². The standard InChI is InChI=1S/C42H26N2O/c1-3-11-27(12-4-1)28-19-21-29(22-20-28)31-23-24-33-36-26-37(32-15-7-8-16-34(32)41(36)45-39(33)25-31)42-43-38-18-10-9-17-35(38)40(44-42)30-13-5-2-6-14-30/h1-26H. The molecule has 0 saturated heterocycles. The molecule has 0 atom stereocenters. The Morgan fingerprint density at radius 1 is 0.378 bits per heavy atom. The van der Waals surface area contributed by atoms with Crippen LogP contribution in [0.4, 0.5) is 0 Å². The zero-order valence-corrected chi connectivity index (χ0v) is 24.3. The van der Waals surface area contributed by atoms with Crippen LogP contribution in [-0.4, -0.2) is 9.97 Å². The molecular formula is C42H26N2O. The fourth-order valence-corrected chi connectivity index (χ4v) is 6.46. The highest BCUT2D eigenvalue weighted by Crippen LogP contribution is 2.41. The molecule has 2 heterocycles. The highest BCUT2D eigenvalue weighted by atomic mass is 16.3. The molecule has 0 saturated carbocycles. The van der Waals surface area contributed by atoms with Crippen LogP contribution < -0.4 is 0 Å². The van der Waals surface area contributed by atoms with Gasteiger partial charge in [-0.3, -0.25) is 0 Å². The summed E-state index contributed by atoms with van der Waals surface area (Å²) in [6.07, 6.45) is 0. The average molecular weight is 575 g/mol. The maximum absolute atomic E-state index is 6.63. The Kier molecular flexibility index (Phi) is 5.82. The van der Waals surface area contributed by atoms with Crippen LogP contribution in [0.3, 0.4) is 0 Å². The summed E-state index contributed by atoms with van der Waals surface area (Å²) in [6.45, 7) is 0. The number of hydrogen-bond donors (Lipinski definition) is 0. The van der Waals surface area contributed by atoms with Gasteiger partial charge in [0.25, 0.3) is 0 Å². The van der Waals surface area contributed by atoms with Crippen LogP contribution in [0.15, 0.2) is 162 Å². The first kappa shape index (κ1) is 25.4. The van der Waals surface area contributed by atoms with E-state index in [1.807, 2.05) is 24.3 Å². The molecule has 3 heteroatoms. The molecule has 0 unspecified atom stereocenters. The molecule has 7 aromatic carbocycles. The van der Waals surface area contributed by atoms with Crippen molar-refractivity contribution in [2.75, 3.05) is 0 Å². The number of aromatic nitrogens is 2. The zero-order valence-electron chi connectivity index (χ0n) is 24.3. The molecule has 3 nitrogen and oxygen atoms in total. The van der Waals surface area contributed by atoms with Gasteiger partial charge in [-0.1, -0.05) is 133 Å². The Balaban J connectivity index is 1.22. The van der Waals surface area contributed by atoms with Gasteiger partial charge in [0.1, 0.15) is 11.2 Å². The van der Waals surface area contributed by atoms with Crippen LogP contribution in [0.2, 0.25) is 0 Å². The van der Waals surface area contributed by atoms with Crippen LogP contribution in [0.1, 0.15) is 0 Å². The van der Waals surface area contributed by atoms with Gasteiger partial charge in [-0.25, -0.2) is 9.97 Å². The summed E-state index contributed by atoms with van der Waals surface area (Å²) in [5, 5.41) is 5.28. The minimum atomic E-state index is 0.704. The van der Waals surface area contributed by atoms with Gasteiger partial charge in [-0.2, -0.15) is 0 Å². The van der Waals surface area contributed by atoms with Crippen molar-refractivity contribution in [2.24, 2.45) is 0 Å². The molecule has 0 aliphatic rings. The van der Waals surface area contributed by atoms with Crippen LogP contribution in [0.25, 0.3) is 88.5 Å². The summed E-state index contributed by atoms with van der Waals surface area (Å²) in [7, 11) is 0. The Morgan fingerprint density at radius 2 is 0.956 bits per heavy atom. The first-order valence-electron chi connectivity index (χ1n) is 15.2. The van der Waals surface area contributed by atoms with Crippen molar-refractivity contribution in [1.29, 1.82) is 0 Å². The molecule has 0 spiro atoms. The van der Waals surface area contributed by atoms with Gasteiger partial charge in [0.15, 0.2) is 5.82 Å². The molecule has 0 radical (unpaired) electrons. The van der Waals surface area contributed by atoms with Crippen molar-refractivity contribution in [2.45, 2.75) is 0 Å². The summed E-state index contributed by atoms with van der Waals surface area (Å²) in [5.41, 5.74) is 10.3. The molecule has 0 amide bonds. The van der Waals surface area contributed by atoms with Crippen molar-refractivity contribution >= 4 is 43.6 Å². The molecular weight excluding hydrogens is 548 g/mol. The van der Waals surface area contributed by atoms with E-state index in [1.165, 1.54) is 11.1 Å². The Morgan fingerprint density at radius 3 is 1.71 bits per heavy atom. The highest BCUT2D eigenvalue weighted by Gasteiger charge is 2.18. The molecule has 45 heavy (non-hydrogen) atoms. The minimum absolute atomic E-state index is 0.704. The van der Waals surface area contributed by atoms with E-state index in [0.29, 0.717) is 5.82 Å². The lowest BCUT2D eigenvalue weighted by atomic mass is 9.97. The zero-order chi connectivity index (χ0) is 29.7. The molecule has 210 valence electrons. The fraction of sp³-hybridized carbons (Fsp3) is 0. The number of para-hydroxylation sites is 1. The predicted octanol–water partition coefficient (Wildman–Crippen LogP) is 11.4. The topological polar surface area (TPSA) is 38.9 Å². The number of nitrogens with zero attached hydrogens (tertiary/aromatic N) is 2. The third-order valence-corrected chi connectivity index (χ3v) is 8.70. The molecule has 0 N–H and O–H groups in total. The van der Waals surface area contributed by atoms with Crippen molar-refractivity contribution in [3.8, 4) is 44.9 Å². The van der Waals surface area contributed by atoms with Gasteiger partial charge in [0.05, 0.1) is 11.2 Å².